The SMILES string of the molecule is Clc1ccc2c(c1)C[NH+](C1CC1)Cc1nnc(C3CC4(C[NH2+]C4)C3)n1-2.O=C(O)C(F)(F)F.O=C(O)C(F)(F)F. The molecule has 16 heteroatoms. The number of nitrogens with two attached hydrogens (primary N) is 1. The zero-order chi connectivity index (χ0) is 28.8. The maximum absolute atomic E-state index is 10.6. The van der Waals surface area contributed by atoms with Crippen molar-refractivity contribution in [1.82, 2.24) is 14.8 Å². The Balaban J connectivity index is 0.000000211. The lowest BCUT2D eigenvalue weighted by Gasteiger charge is -2.50. The second kappa shape index (κ2) is 10.6. The van der Waals surface area contributed by atoms with Crippen LogP contribution in [0.15, 0.2) is 18.2 Å². The third-order valence-electron chi connectivity index (χ3n) is 7.36. The lowest BCUT2D eigenvalue weighted by atomic mass is 9.58. The number of rotatable bonds is 2. The number of benzene rings is 1. The van der Waals surface area contributed by atoms with Crippen molar-refractivity contribution in [2.24, 2.45) is 5.41 Å². The van der Waals surface area contributed by atoms with Crippen molar-refractivity contribution < 1.29 is 56.4 Å². The number of hydrogen-bond donors (Lipinski definition) is 4. The van der Waals surface area contributed by atoms with E-state index < -0.39 is 24.3 Å². The Bertz CT molecular complexity index is 1210. The summed E-state index contributed by atoms with van der Waals surface area (Å²) in [5.41, 5.74) is 3.21. The largest absolute Gasteiger partial charge is 0.490 e. The number of quaternary nitrogens is 2. The Kier molecular flexibility index (Phi) is 7.89. The van der Waals surface area contributed by atoms with Gasteiger partial charge in [0.25, 0.3) is 0 Å². The molecule has 2 aliphatic heterocycles. The molecule has 3 fully saturated rings. The van der Waals surface area contributed by atoms with Gasteiger partial charge in [0.2, 0.25) is 0 Å². The fraction of sp³-hybridized carbons (Fsp3) is 0.565. The first kappa shape index (κ1) is 29.1. The van der Waals surface area contributed by atoms with Crippen LogP contribution in [0.5, 0.6) is 0 Å². The quantitative estimate of drug-likeness (QED) is 0.398. The third-order valence-corrected chi connectivity index (χ3v) is 7.59. The maximum atomic E-state index is 10.6. The molecule has 214 valence electrons. The molecule has 0 radical (unpaired) electrons. The topological polar surface area (TPSA) is 126 Å². The predicted molar refractivity (Wildman–Crippen MR) is 121 cm³/mol. The van der Waals surface area contributed by atoms with Gasteiger partial charge in [-0.15, -0.1) is 10.2 Å². The minimum atomic E-state index is -5.08. The summed E-state index contributed by atoms with van der Waals surface area (Å²) < 4.78 is 65.8. The van der Waals surface area contributed by atoms with Crippen molar-refractivity contribution in [3.8, 4) is 5.69 Å². The van der Waals surface area contributed by atoms with Gasteiger partial charge in [0.05, 0.1) is 30.2 Å². The molecular formula is C23H26ClF6N5O4+2. The number of hydrogen-bond acceptors (Lipinski definition) is 4. The molecule has 2 aliphatic carbocycles. The van der Waals surface area contributed by atoms with Crippen LogP contribution in [-0.4, -0.2) is 68.4 Å². The van der Waals surface area contributed by atoms with Gasteiger partial charge in [0, 0.05) is 29.3 Å². The fourth-order valence-corrected chi connectivity index (χ4v) is 5.42. The molecule has 4 aliphatic rings. The van der Waals surface area contributed by atoms with Crippen molar-refractivity contribution in [2.45, 2.75) is 63.1 Å². The average Bonchev–Trinajstić information content (AvgIpc) is 3.55. The van der Waals surface area contributed by atoms with E-state index in [0.717, 1.165) is 30.0 Å². The molecule has 2 aromatic rings. The van der Waals surface area contributed by atoms with Crippen LogP contribution in [0.4, 0.5) is 26.3 Å². The minimum absolute atomic E-state index is 0.570. The number of nitrogens with zero attached hydrogens (tertiary/aromatic N) is 3. The van der Waals surface area contributed by atoms with Crippen LogP contribution in [0.2, 0.25) is 5.02 Å². The molecule has 2 saturated carbocycles. The molecule has 3 heterocycles. The van der Waals surface area contributed by atoms with Crippen LogP contribution < -0.4 is 10.2 Å². The minimum Gasteiger partial charge on any atom is -0.475 e. The van der Waals surface area contributed by atoms with Crippen LogP contribution in [0, 0.1) is 5.41 Å². The van der Waals surface area contributed by atoms with Crippen LogP contribution in [0.25, 0.3) is 5.69 Å². The van der Waals surface area contributed by atoms with Gasteiger partial charge in [-0.25, -0.2) is 9.59 Å². The van der Waals surface area contributed by atoms with E-state index in [9.17, 15) is 26.3 Å². The average molecular weight is 586 g/mol. The lowest BCUT2D eigenvalue weighted by molar-refractivity contribution is -0.938. The first-order valence-corrected chi connectivity index (χ1v) is 12.5. The van der Waals surface area contributed by atoms with Crippen LogP contribution in [0.1, 0.15) is 48.8 Å². The number of carboxylic acid groups (broad SMARTS) is 2. The van der Waals surface area contributed by atoms with E-state index in [4.69, 9.17) is 31.4 Å². The Hall–Kier alpha value is -2.91. The van der Waals surface area contributed by atoms with E-state index in [0.29, 0.717) is 11.3 Å². The van der Waals surface area contributed by atoms with Gasteiger partial charge in [0.15, 0.2) is 5.82 Å². The van der Waals surface area contributed by atoms with Crippen molar-refractivity contribution in [3.05, 3.63) is 40.4 Å². The van der Waals surface area contributed by atoms with E-state index in [2.05, 4.69) is 32.2 Å². The molecule has 5 N–H and O–H groups in total. The summed E-state index contributed by atoms with van der Waals surface area (Å²) in [4.78, 5) is 19.4. The van der Waals surface area contributed by atoms with Crippen molar-refractivity contribution in [3.63, 3.8) is 0 Å². The second-order valence-electron chi connectivity index (χ2n) is 10.3. The van der Waals surface area contributed by atoms with E-state index in [-0.39, 0.29) is 0 Å². The smallest absolute Gasteiger partial charge is 0.475 e. The zero-order valence-corrected chi connectivity index (χ0v) is 21.1. The number of aliphatic carboxylic acids is 2. The Labute approximate surface area is 222 Å². The van der Waals surface area contributed by atoms with E-state index in [1.807, 2.05) is 6.07 Å². The maximum Gasteiger partial charge on any atom is 0.490 e. The van der Waals surface area contributed by atoms with Gasteiger partial charge in [-0.05, 0) is 31.0 Å². The van der Waals surface area contributed by atoms with E-state index in [1.54, 1.807) is 4.90 Å². The molecule has 0 bridgehead atoms. The second-order valence-corrected chi connectivity index (χ2v) is 10.7. The standard InChI is InChI=1S/C19H22ClN5.2C2HF3O2/c20-14-1-4-16-12(5-14)8-24(15-2-3-15)9-17-22-23-18(25(16)17)13-6-19(7-13)10-21-11-19;2*3-2(4,5)1(6)7/h1,4-5,13,15,21H,2-3,6-11H2;2*(H,6,7)/p+2. The summed E-state index contributed by atoms with van der Waals surface area (Å²) in [5, 5.41) is 26.8. The Morgan fingerprint density at radius 2 is 1.56 bits per heavy atom. The monoisotopic (exact) mass is 585 g/mol. The zero-order valence-electron chi connectivity index (χ0n) is 20.3. The molecule has 1 spiro atoms. The highest BCUT2D eigenvalue weighted by Crippen LogP contribution is 2.51. The number of nitrogens with one attached hydrogen (secondary N) is 1. The van der Waals surface area contributed by atoms with Gasteiger partial charge in [-0.1, -0.05) is 11.6 Å². The van der Waals surface area contributed by atoms with Crippen LogP contribution >= 0.6 is 11.6 Å². The van der Waals surface area contributed by atoms with Gasteiger partial charge in [-0.3, -0.25) is 4.57 Å². The van der Waals surface area contributed by atoms with Crippen molar-refractivity contribution >= 4 is 23.5 Å². The predicted octanol–water partition coefficient (Wildman–Crippen LogP) is 1.69. The first-order valence-electron chi connectivity index (χ1n) is 12.1. The number of halogens is 7. The van der Waals surface area contributed by atoms with Crippen molar-refractivity contribution in [2.75, 3.05) is 13.1 Å². The van der Waals surface area contributed by atoms with Gasteiger partial charge < -0.3 is 20.4 Å². The molecule has 39 heavy (non-hydrogen) atoms. The molecule has 1 aromatic heterocycles. The highest BCUT2D eigenvalue weighted by atomic mass is 35.5. The Morgan fingerprint density at radius 3 is 2.03 bits per heavy atom. The van der Waals surface area contributed by atoms with Crippen LogP contribution in [-0.2, 0) is 22.7 Å². The molecular weight excluding hydrogens is 560 g/mol. The van der Waals surface area contributed by atoms with Gasteiger partial charge in [-0.2, -0.15) is 26.3 Å². The summed E-state index contributed by atoms with van der Waals surface area (Å²) >= 11 is 6.33. The number of aromatic nitrogens is 3. The summed E-state index contributed by atoms with van der Waals surface area (Å²) in [5.74, 6) is -2.62. The molecule has 1 aromatic carbocycles. The van der Waals surface area contributed by atoms with Crippen molar-refractivity contribution in [1.29, 1.82) is 0 Å². The lowest BCUT2D eigenvalue weighted by Crippen LogP contribution is -3.10. The fourth-order valence-electron chi connectivity index (χ4n) is 5.23. The summed E-state index contributed by atoms with van der Waals surface area (Å²) in [6.07, 6.45) is -4.92. The highest BCUT2D eigenvalue weighted by molar-refractivity contribution is 6.30. The highest BCUT2D eigenvalue weighted by Gasteiger charge is 2.54. The molecule has 1 saturated heterocycles. The number of alkyl halides is 6. The summed E-state index contributed by atoms with van der Waals surface area (Å²) in [7, 11) is 0. The summed E-state index contributed by atoms with van der Waals surface area (Å²) in [6, 6.07) is 7.13. The normalized spacial score (nSPS) is 21.5. The van der Waals surface area contributed by atoms with E-state index >= 15 is 0 Å². The number of fused-ring (bicyclic) bond motifs is 3. The van der Waals surface area contributed by atoms with Crippen LogP contribution in [0.3, 0.4) is 0 Å². The molecule has 6 rings (SSSR count). The Morgan fingerprint density at radius 1 is 1.00 bits per heavy atom. The van der Waals surface area contributed by atoms with Gasteiger partial charge in [0.1, 0.15) is 18.9 Å². The first-order chi connectivity index (χ1) is 18.1. The molecule has 1 atom stereocenters. The molecule has 1 unspecified atom stereocenters. The third kappa shape index (κ3) is 6.64. The van der Waals surface area contributed by atoms with E-state index in [1.165, 1.54) is 55.8 Å². The molecule has 0 amide bonds. The number of carboxylic acids is 2. The number of carbonyl (C=O) groups is 2. The van der Waals surface area contributed by atoms with Gasteiger partial charge >= 0.3 is 24.3 Å². The summed E-state index contributed by atoms with van der Waals surface area (Å²) in [6.45, 7) is 4.63. The molecule has 9 nitrogen and oxygen atoms in total.